The van der Waals surface area contributed by atoms with E-state index in [1.165, 1.54) is 37.4 Å². The molecule has 168 valence electrons. The Morgan fingerprint density at radius 1 is 1.19 bits per heavy atom. The van der Waals surface area contributed by atoms with Crippen LogP contribution in [0.2, 0.25) is 5.02 Å². The number of hydrogen-bond acceptors (Lipinski definition) is 7. The third-order valence-corrected chi connectivity index (χ3v) is 5.82. The van der Waals surface area contributed by atoms with Gasteiger partial charge in [-0.2, -0.15) is 5.10 Å². The number of aromatic nitrogens is 2. The zero-order chi connectivity index (χ0) is 23.3. The Hall–Kier alpha value is -3.41. The standard InChI is InChI=1S/C20H19ClN4O6S/c1-31-10-9-25-19(27)8-6-16(23-25)20(28)22-17-12-15(5-7-18(17)26)32(29,30)24-14-4-2-3-13(21)11-14/h2-8,11-12,24,26H,9-10H2,1H3,(H,22,28). The number of benzene rings is 2. The van der Waals surface area contributed by atoms with Crippen LogP contribution in [0, 0.1) is 0 Å². The van der Waals surface area contributed by atoms with Crippen LogP contribution >= 0.6 is 11.6 Å². The number of methoxy groups -OCH3 is 1. The van der Waals surface area contributed by atoms with E-state index in [1.54, 1.807) is 12.1 Å². The molecule has 0 spiro atoms. The maximum Gasteiger partial charge on any atom is 0.276 e. The number of aromatic hydroxyl groups is 1. The molecule has 0 bridgehead atoms. The predicted molar refractivity (Wildman–Crippen MR) is 119 cm³/mol. The summed E-state index contributed by atoms with van der Waals surface area (Å²) in [4.78, 5) is 24.2. The van der Waals surface area contributed by atoms with Crippen molar-refractivity contribution in [3.63, 3.8) is 0 Å². The predicted octanol–water partition coefficient (Wildman–Crippen LogP) is 2.30. The number of phenols is 1. The largest absolute Gasteiger partial charge is 0.506 e. The van der Waals surface area contributed by atoms with Gasteiger partial charge in [0.15, 0.2) is 0 Å². The summed E-state index contributed by atoms with van der Waals surface area (Å²) in [6.07, 6.45) is 0. The number of carbonyl (C=O) groups is 1. The fourth-order valence-electron chi connectivity index (χ4n) is 2.64. The Labute approximate surface area is 188 Å². The van der Waals surface area contributed by atoms with Gasteiger partial charge in [-0.3, -0.25) is 14.3 Å². The van der Waals surface area contributed by atoms with Crippen LogP contribution in [0.25, 0.3) is 0 Å². The summed E-state index contributed by atoms with van der Waals surface area (Å²) in [5.41, 5.74) is -0.425. The Balaban J connectivity index is 1.84. The normalized spacial score (nSPS) is 11.2. The second-order valence-corrected chi connectivity index (χ2v) is 8.64. The number of ether oxygens (including phenoxy) is 1. The van der Waals surface area contributed by atoms with E-state index < -0.39 is 21.5 Å². The second kappa shape index (κ2) is 9.81. The van der Waals surface area contributed by atoms with Crippen LogP contribution in [0.5, 0.6) is 5.75 Å². The van der Waals surface area contributed by atoms with Gasteiger partial charge in [-0.1, -0.05) is 17.7 Å². The SMILES string of the molecule is COCCn1nc(C(=O)Nc2cc(S(=O)(=O)Nc3cccc(Cl)c3)ccc2O)ccc1=O. The van der Waals surface area contributed by atoms with Gasteiger partial charge in [0.25, 0.3) is 21.5 Å². The van der Waals surface area contributed by atoms with Crippen molar-refractivity contribution in [3.8, 4) is 5.75 Å². The smallest absolute Gasteiger partial charge is 0.276 e. The van der Waals surface area contributed by atoms with E-state index in [0.29, 0.717) is 5.02 Å². The minimum absolute atomic E-state index is 0.106. The van der Waals surface area contributed by atoms with Crippen LogP contribution in [-0.4, -0.2) is 42.9 Å². The fraction of sp³-hybridized carbons (Fsp3) is 0.150. The lowest BCUT2D eigenvalue weighted by Gasteiger charge is -2.12. The molecule has 32 heavy (non-hydrogen) atoms. The van der Waals surface area contributed by atoms with Gasteiger partial charge >= 0.3 is 0 Å². The highest BCUT2D eigenvalue weighted by molar-refractivity contribution is 7.92. The van der Waals surface area contributed by atoms with Crippen molar-refractivity contribution in [1.29, 1.82) is 0 Å². The highest BCUT2D eigenvalue weighted by Gasteiger charge is 2.19. The first-order valence-electron chi connectivity index (χ1n) is 9.19. The average molecular weight is 479 g/mol. The molecule has 0 radical (unpaired) electrons. The summed E-state index contributed by atoms with van der Waals surface area (Å²) in [7, 11) is -2.57. The molecule has 0 aliphatic rings. The maximum atomic E-state index is 12.7. The minimum Gasteiger partial charge on any atom is -0.506 e. The molecule has 1 heterocycles. The molecule has 3 N–H and O–H groups in total. The van der Waals surface area contributed by atoms with Gasteiger partial charge in [-0.15, -0.1) is 0 Å². The van der Waals surface area contributed by atoms with Gasteiger partial charge < -0.3 is 15.2 Å². The number of anilines is 2. The lowest BCUT2D eigenvalue weighted by molar-refractivity contribution is 0.101. The molecule has 1 amide bonds. The molecule has 0 unspecified atom stereocenters. The number of nitrogens with one attached hydrogen (secondary N) is 2. The Morgan fingerprint density at radius 3 is 2.69 bits per heavy atom. The third-order valence-electron chi connectivity index (χ3n) is 4.21. The van der Waals surface area contributed by atoms with Crippen molar-refractivity contribution in [1.82, 2.24) is 9.78 Å². The first kappa shape index (κ1) is 23.3. The average Bonchev–Trinajstić information content (AvgIpc) is 2.74. The Morgan fingerprint density at radius 2 is 1.97 bits per heavy atom. The number of rotatable bonds is 8. The first-order valence-corrected chi connectivity index (χ1v) is 11.1. The van der Waals surface area contributed by atoms with Crippen LogP contribution < -0.4 is 15.6 Å². The molecule has 3 rings (SSSR count). The molecule has 0 atom stereocenters. The van der Waals surface area contributed by atoms with Crippen molar-refractivity contribution in [2.24, 2.45) is 0 Å². The zero-order valence-corrected chi connectivity index (χ0v) is 18.4. The van der Waals surface area contributed by atoms with Crippen molar-refractivity contribution in [3.05, 3.63) is 75.7 Å². The van der Waals surface area contributed by atoms with E-state index in [0.717, 1.165) is 16.8 Å². The number of halogens is 1. The zero-order valence-electron chi connectivity index (χ0n) is 16.8. The van der Waals surface area contributed by atoms with Crippen molar-refractivity contribution >= 4 is 38.9 Å². The van der Waals surface area contributed by atoms with Crippen LogP contribution in [0.4, 0.5) is 11.4 Å². The summed E-state index contributed by atoms with van der Waals surface area (Å²) in [6, 6.07) is 12.0. The fourth-order valence-corrected chi connectivity index (χ4v) is 3.91. The van der Waals surface area contributed by atoms with E-state index in [4.69, 9.17) is 16.3 Å². The molecule has 0 saturated heterocycles. The van der Waals surface area contributed by atoms with Gasteiger partial charge in [0.2, 0.25) is 0 Å². The molecular weight excluding hydrogens is 460 g/mol. The molecule has 10 nitrogen and oxygen atoms in total. The molecule has 0 aliphatic carbocycles. The number of amides is 1. The number of phenolic OH excluding ortho intramolecular Hbond substituents is 1. The summed E-state index contributed by atoms with van der Waals surface area (Å²) in [5, 5.41) is 16.8. The van der Waals surface area contributed by atoms with Crippen molar-refractivity contribution in [2.45, 2.75) is 11.4 Å². The molecule has 12 heteroatoms. The number of hydrogen-bond donors (Lipinski definition) is 3. The van der Waals surface area contributed by atoms with Crippen molar-refractivity contribution < 1.29 is 23.1 Å². The lowest BCUT2D eigenvalue weighted by atomic mass is 10.2. The highest BCUT2D eigenvalue weighted by atomic mass is 35.5. The number of carbonyl (C=O) groups excluding carboxylic acids is 1. The monoisotopic (exact) mass is 478 g/mol. The quantitative estimate of drug-likeness (QED) is 0.422. The van der Waals surface area contributed by atoms with E-state index in [1.807, 2.05) is 0 Å². The molecule has 0 aliphatic heterocycles. The molecular formula is C20H19ClN4O6S. The highest BCUT2D eigenvalue weighted by Crippen LogP contribution is 2.28. The molecule has 0 fully saturated rings. The van der Waals surface area contributed by atoms with Gasteiger partial charge in [0.1, 0.15) is 11.4 Å². The van der Waals surface area contributed by atoms with Crippen molar-refractivity contribution in [2.75, 3.05) is 23.8 Å². The third kappa shape index (κ3) is 5.63. The summed E-state index contributed by atoms with van der Waals surface area (Å²) >= 11 is 5.88. The van der Waals surface area contributed by atoms with Crippen LogP contribution in [0.3, 0.4) is 0 Å². The Bertz CT molecular complexity index is 1310. The van der Waals surface area contributed by atoms with Gasteiger partial charge in [0, 0.05) is 18.2 Å². The van der Waals surface area contributed by atoms with E-state index in [9.17, 15) is 23.1 Å². The van der Waals surface area contributed by atoms with Crippen LogP contribution in [0.15, 0.2) is 64.3 Å². The van der Waals surface area contributed by atoms with Crippen LogP contribution in [-0.2, 0) is 21.3 Å². The minimum atomic E-state index is -4.04. The van der Waals surface area contributed by atoms with Gasteiger partial charge in [-0.25, -0.2) is 13.1 Å². The summed E-state index contributed by atoms with van der Waals surface area (Å²) in [5.74, 6) is -1.10. The summed E-state index contributed by atoms with van der Waals surface area (Å²) in [6.45, 7) is 0.364. The van der Waals surface area contributed by atoms with Gasteiger partial charge in [0.05, 0.1) is 29.4 Å². The maximum absolute atomic E-state index is 12.7. The number of sulfonamides is 1. The van der Waals surface area contributed by atoms with E-state index in [2.05, 4.69) is 15.1 Å². The van der Waals surface area contributed by atoms with E-state index >= 15 is 0 Å². The Kier molecular flexibility index (Phi) is 7.13. The van der Waals surface area contributed by atoms with Crippen LogP contribution in [0.1, 0.15) is 10.5 Å². The van der Waals surface area contributed by atoms with E-state index in [-0.39, 0.29) is 40.9 Å². The molecule has 0 saturated carbocycles. The first-order chi connectivity index (χ1) is 15.2. The summed E-state index contributed by atoms with van der Waals surface area (Å²) < 4.78 is 33.7. The second-order valence-electron chi connectivity index (χ2n) is 6.52. The lowest BCUT2D eigenvalue weighted by Crippen LogP contribution is -2.27. The van der Waals surface area contributed by atoms with Gasteiger partial charge in [-0.05, 0) is 42.5 Å². The molecule has 2 aromatic carbocycles. The molecule has 1 aromatic heterocycles. The molecule has 3 aromatic rings. The topological polar surface area (TPSA) is 140 Å². The number of nitrogens with zero attached hydrogens (tertiary/aromatic N) is 2.